The van der Waals surface area contributed by atoms with Gasteiger partial charge in [0.2, 0.25) is 5.91 Å². The Bertz CT molecular complexity index is 785. The van der Waals surface area contributed by atoms with Crippen LogP contribution in [0, 0.1) is 11.3 Å². The van der Waals surface area contributed by atoms with Crippen molar-refractivity contribution >= 4 is 21.8 Å². The summed E-state index contributed by atoms with van der Waals surface area (Å²) in [5.41, 5.74) is 0.537. The average Bonchev–Trinajstić information content (AvgIpc) is 2.67. The maximum absolute atomic E-state index is 12.8. The third kappa shape index (κ3) is 6.23. The van der Waals surface area contributed by atoms with Gasteiger partial charge in [0.05, 0.1) is 25.0 Å². The van der Waals surface area contributed by atoms with Gasteiger partial charge in [0, 0.05) is 19.6 Å². The van der Waals surface area contributed by atoms with E-state index in [2.05, 4.69) is 10.6 Å². The third-order valence-electron chi connectivity index (χ3n) is 4.02. The fourth-order valence-electron chi connectivity index (χ4n) is 2.59. The van der Waals surface area contributed by atoms with Gasteiger partial charge in [-0.3, -0.25) is 4.79 Å². The van der Waals surface area contributed by atoms with Crippen molar-refractivity contribution in [1.82, 2.24) is 15.5 Å². The Hall–Kier alpha value is -2.64. The zero-order valence-electron chi connectivity index (χ0n) is 14.8. The summed E-state index contributed by atoms with van der Waals surface area (Å²) in [6.07, 6.45) is 0. The van der Waals surface area contributed by atoms with Gasteiger partial charge in [0.1, 0.15) is 6.54 Å². The zero-order valence-corrected chi connectivity index (χ0v) is 15.6. The van der Waals surface area contributed by atoms with Crippen molar-refractivity contribution < 1.29 is 22.7 Å². The number of hydrogen-bond acceptors (Lipinski definition) is 6. The molecule has 1 unspecified atom stereocenters. The second-order valence-electron chi connectivity index (χ2n) is 5.94. The van der Waals surface area contributed by atoms with Crippen LogP contribution in [0.5, 0.6) is 0 Å². The van der Waals surface area contributed by atoms with E-state index in [1.165, 1.54) is 4.90 Å². The number of nitrogens with zero attached hydrogens (tertiary/aromatic N) is 2. The molecule has 0 saturated carbocycles. The Morgan fingerprint density at radius 2 is 1.85 bits per heavy atom. The van der Waals surface area contributed by atoms with Crippen molar-refractivity contribution in [2.45, 2.75) is 11.0 Å². The minimum Gasteiger partial charge on any atom is -0.378 e. The van der Waals surface area contributed by atoms with Crippen LogP contribution in [0.15, 0.2) is 30.3 Å². The topological polar surface area (TPSA) is 129 Å². The number of amides is 3. The average molecular weight is 394 g/mol. The van der Waals surface area contributed by atoms with E-state index in [1.807, 2.05) is 0 Å². The molecular formula is C17H22N4O5S. The molecule has 1 atom stereocenters. The molecular weight excluding hydrogens is 372 g/mol. The molecule has 2 N–H and O–H groups in total. The Morgan fingerprint density at radius 1 is 1.19 bits per heavy atom. The predicted octanol–water partition coefficient (Wildman–Crippen LogP) is -0.348. The molecule has 1 aliphatic rings. The summed E-state index contributed by atoms with van der Waals surface area (Å²) in [5, 5.41) is 11.9. The van der Waals surface area contributed by atoms with Crippen LogP contribution >= 0.6 is 0 Å². The first-order valence-electron chi connectivity index (χ1n) is 8.44. The van der Waals surface area contributed by atoms with Crippen molar-refractivity contribution in [3.63, 3.8) is 0 Å². The highest BCUT2D eigenvalue weighted by molar-refractivity contribution is 7.92. The third-order valence-corrected chi connectivity index (χ3v) is 6.00. The van der Waals surface area contributed by atoms with Crippen LogP contribution in [0.4, 0.5) is 4.79 Å². The lowest BCUT2D eigenvalue weighted by Gasteiger charge is -2.27. The molecule has 0 aromatic heterocycles. The number of carbonyl (C=O) groups excluding carboxylic acids is 2. The van der Waals surface area contributed by atoms with E-state index in [0.29, 0.717) is 31.9 Å². The van der Waals surface area contributed by atoms with Crippen molar-refractivity contribution in [2.75, 3.05) is 39.4 Å². The molecule has 1 aromatic rings. The lowest BCUT2D eigenvalue weighted by Crippen LogP contribution is -2.52. The van der Waals surface area contributed by atoms with Gasteiger partial charge in [0.25, 0.3) is 0 Å². The number of urea groups is 1. The lowest BCUT2D eigenvalue weighted by molar-refractivity contribution is -0.120. The molecule has 0 radical (unpaired) electrons. The second kappa shape index (κ2) is 9.89. The van der Waals surface area contributed by atoms with Crippen LogP contribution in [0.2, 0.25) is 0 Å². The smallest absolute Gasteiger partial charge is 0.317 e. The zero-order chi connectivity index (χ0) is 19.7. The number of sulfone groups is 1. The van der Waals surface area contributed by atoms with E-state index in [-0.39, 0.29) is 18.8 Å². The number of morpholine rings is 1. The van der Waals surface area contributed by atoms with E-state index in [4.69, 9.17) is 10.00 Å². The van der Waals surface area contributed by atoms with Gasteiger partial charge in [-0.15, -0.1) is 0 Å². The van der Waals surface area contributed by atoms with Crippen molar-refractivity contribution in [1.29, 1.82) is 5.26 Å². The standard InChI is InChI=1S/C17H22N4O5S/c18-6-7-19-16(22)15(12-20-17(23)21-8-10-26-11-9-21)27(24,25)13-14-4-2-1-3-5-14/h1-5,15H,7-13H2,(H,19,22)(H,20,23). The van der Waals surface area contributed by atoms with E-state index in [0.717, 1.165) is 0 Å². The minimum atomic E-state index is -3.91. The van der Waals surface area contributed by atoms with E-state index >= 15 is 0 Å². The molecule has 1 aromatic carbocycles. The van der Waals surface area contributed by atoms with Gasteiger partial charge in [0.15, 0.2) is 15.1 Å². The van der Waals surface area contributed by atoms with Crippen LogP contribution < -0.4 is 10.6 Å². The highest BCUT2D eigenvalue weighted by atomic mass is 32.2. The number of nitrogens with one attached hydrogen (secondary N) is 2. The van der Waals surface area contributed by atoms with Crippen LogP contribution in [0.25, 0.3) is 0 Å². The number of benzene rings is 1. The molecule has 1 saturated heterocycles. The Morgan fingerprint density at radius 3 is 2.48 bits per heavy atom. The van der Waals surface area contributed by atoms with Crippen LogP contribution in [0.3, 0.4) is 0 Å². The summed E-state index contributed by atoms with van der Waals surface area (Å²) in [4.78, 5) is 26.0. The number of carbonyl (C=O) groups is 2. The summed E-state index contributed by atoms with van der Waals surface area (Å²) in [5.74, 6) is -1.15. The number of nitriles is 1. The fraction of sp³-hybridized carbons (Fsp3) is 0.471. The molecule has 10 heteroatoms. The van der Waals surface area contributed by atoms with Crippen LogP contribution in [0.1, 0.15) is 5.56 Å². The molecule has 1 fully saturated rings. The van der Waals surface area contributed by atoms with Gasteiger partial charge in [-0.1, -0.05) is 30.3 Å². The van der Waals surface area contributed by atoms with Crippen molar-refractivity contribution in [3.05, 3.63) is 35.9 Å². The molecule has 0 aliphatic carbocycles. The molecule has 2 rings (SSSR count). The Balaban J connectivity index is 2.09. The fourth-order valence-corrected chi connectivity index (χ4v) is 4.19. The van der Waals surface area contributed by atoms with E-state index < -0.39 is 27.0 Å². The molecule has 9 nitrogen and oxygen atoms in total. The molecule has 1 heterocycles. The summed E-state index contributed by atoms with van der Waals surface area (Å²) in [6.45, 7) is 0.926. The lowest BCUT2D eigenvalue weighted by atomic mass is 10.2. The SMILES string of the molecule is N#CCNC(=O)C(CNC(=O)N1CCOCC1)S(=O)(=O)Cc1ccccc1. The predicted molar refractivity (Wildman–Crippen MR) is 97.3 cm³/mol. The first-order valence-corrected chi connectivity index (χ1v) is 10.2. The first-order chi connectivity index (χ1) is 12.9. The summed E-state index contributed by atoms with van der Waals surface area (Å²) >= 11 is 0. The second-order valence-corrected chi connectivity index (χ2v) is 8.13. The Kier molecular flexibility index (Phi) is 7.57. The first kappa shape index (κ1) is 20.7. The number of rotatable bonds is 7. The highest BCUT2D eigenvalue weighted by Crippen LogP contribution is 2.12. The monoisotopic (exact) mass is 394 g/mol. The summed E-state index contributed by atoms with van der Waals surface area (Å²) < 4.78 is 30.7. The molecule has 0 bridgehead atoms. The number of hydrogen-bond donors (Lipinski definition) is 2. The maximum atomic E-state index is 12.8. The minimum absolute atomic E-state index is 0.312. The van der Waals surface area contributed by atoms with Crippen LogP contribution in [-0.2, 0) is 25.1 Å². The quantitative estimate of drug-likeness (QED) is 0.609. The van der Waals surface area contributed by atoms with Crippen molar-refractivity contribution in [3.8, 4) is 6.07 Å². The van der Waals surface area contributed by atoms with Crippen molar-refractivity contribution in [2.24, 2.45) is 0 Å². The van der Waals surface area contributed by atoms with Gasteiger partial charge in [-0.05, 0) is 5.56 Å². The molecule has 3 amide bonds. The summed E-state index contributed by atoms with van der Waals surface area (Å²) in [6, 6.07) is 9.74. The molecule has 146 valence electrons. The molecule has 27 heavy (non-hydrogen) atoms. The largest absolute Gasteiger partial charge is 0.378 e. The Labute approximate surface area is 158 Å². The van der Waals surface area contributed by atoms with E-state index in [9.17, 15) is 18.0 Å². The molecule has 1 aliphatic heterocycles. The maximum Gasteiger partial charge on any atom is 0.317 e. The molecule has 0 spiro atoms. The normalized spacial score (nSPS) is 15.4. The number of ether oxygens (including phenoxy) is 1. The van der Waals surface area contributed by atoms with E-state index in [1.54, 1.807) is 36.4 Å². The van der Waals surface area contributed by atoms with Gasteiger partial charge in [-0.2, -0.15) is 5.26 Å². The van der Waals surface area contributed by atoms with Gasteiger partial charge < -0.3 is 20.3 Å². The van der Waals surface area contributed by atoms with Crippen LogP contribution in [-0.4, -0.2) is 69.9 Å². The summed E-state index contributed by atoms with van der Waals surface area (Å²) in [7, 11) is -3.91. The highest BCUT2D eigenvalue weighted by Gasteiger charge is 2.33. The van der Waals surface area contributed by atoms with Gasteiger partial charge >= 0.3 is 6.03 Å². The van der Waals surface area contributed by atoms with Gasteiger partial charge in [-0.25, -0.2) is 13.2 Å².